The number of likely N-dealkylation sites (tertiary alicyclic amines) is 1. The van der Waals surface area contributed by atoms with Gasteiger partial charge in [-0.3, -0.25) is 4.99 Å². The second-order valence-electron chi connectivity index (χ2n) is 4.75. The SMILES string of the molecule is Cc1nc(CCN=C(N)N2CCCCCC2)cs1.I. The van der Waals surface area contributed by atoms with E-state index in [1.807, 2.05) is 6.92 Å². The number of thiazole rings is 1. The average molecular weight is 394 g/mol. The number of aryl methyl sites for hydroxylation is 1. The number of nitrogens with zero attached hydrogens (tertiary/aromatic N) is 3. The molecule has 1 aliphatic rings. The first-order valence-corrected chi connectivity index (χ1v) is 7.59. The van der Waals surface area contributed by atoms with E-state index in [-0.39, 0.29) is 24.0 Å². The van der Waals surface area contributed by atoms with Gasteiger partial charge in [0.1, 0.15) is 0 Å². The molecule has 1 saturated heterocycles. The molecule has 0 spiro atoms. The highest BCUT2D eigenvalue weighted by Gasteiger charge is 2.10. The molecule has 108 valence electrons. The van der Waals surface area contributed by atoms with E-state index in [1.54, 1.807) is 11.3 Å². The molecule has 1 aromatic heterocycles. The molecule has 0 bridgehead atoms. The molecule has 1 aliphatic heterocycles. The minimum Gasteiger partial charge on any atom is -0.370 e. The van der Waals surface area contributed by atoms with Gasteiger partial charge in [-0.1, -0.05) is 12.8 Å². The summed E-state index contributed by atoms with van der Waals surface area (Å²) in [7, 11) is 0. The fourth-order valence-electron chi connectivity index (χ4n) is 2.21. The number of hydrogen-bond donors (Lipinski definition) is 1. The zero-order valence-electron chi connectivity index (χ0n) is 11.5. The second kappa shape index (κ2) is 8.73. The molecule has 19 heavy (non-hydrogen) atoms. The van der Waals surface area contributed by atoms with Crippen LogP contribution in [0, 0.1) is 6.92 Å². The molecule has 0 amide bonds. The van der Waals surface area contributed by atoms with Crippen molar-refractivity contribution in [2.24, 2.45) is 10.7 Å². The van der Waals surface area contributed by atoms with E-state index >= 15 is 0 Å². The molecule has 4 nitrogen and oxygen atoms in total. The zero-order valence-corrected chi connectivity index (χ0v) is 14.6. The van der Waals surface area contributed by atoms with Crippen molar-refractivity contribution >= 4 is 41.3 Å². The summed E-state index contributed by atoms with van der Waals surface area (Å²) < 4.78 is 0. The van der Waals surface area contributed by atoms with Gasteiger partial charge in [-0.15, -0.1) is 35.3 Å². The molecule has 1 aromatic rings. The van der Waals surface area contributed by atoms with Crippen LogP contribution in [0.1, 0.15) is 36.4 Å². The molecule has 6 heteroatoms. The maximum Gasteiger partial charge on any atom is 0.191 e. The molecule has 2 heterocycles. The molecule has 0 unspecified atom stereocenters. The van der Waals surface area contributed by atoms with E-state index in [4.69, 9.17) is 5.73 Å². The summed E-state index contributed by atoms with van der Waals surface area (Å²) in [4.78, 5) is 11.1. The van der Waals surface area contributed by atoms with Crippen molar-refractivity contribution in [2.45, 2.75) is 39.0 Å². The summed E-state index contributed by atoms with van der Waals surface area (Å²) in [5.41, 5.74) is 7.17. The summed E-state index contributed by atoms with van der Waals surface area (Å²) in [6.07, 6.45) is 6.01. The molecule has 0 saturated carbocycles. The van der Waals surface area contributed by atoms with E-state index in [9.17, 15) is 0 Å². The van der Waals surface area contributed by atoms with Gasteiger partial charge in [0.15, 0.2) is 5.96 Å². The van der Waals surface area contributed by atoms with E-state index in [2.05, 4.69) is 20.3 Å². The lowest BCUT2D eigenvalue weighted by atomic mass is 10.2. The minimum atomic E-state index is 0. The van der Waals surface area contributed by atoms with E-state index in [0.29, 0.717) is 5.96 Å². The number of nitrogens with two attached hydrogens (primary N) is 1. The quantitative estimate of drug-likeness (QED) is 0.487. The van der Waals surface area contributed by atoms with Crippen LogP contribution in [-0.2, 0) is 6.42 Å². The second-order valence-corrected chi connectivity index (χ2v) is 5.81. The van der Waals surface area contributed by atoms with Crippen LogP contribution in [0.25, 0.3) is 0 Å². The zero-order chi connectivity index (χ0) is 12.8. The van der Waals surface area contributed by atoms with Gasteiger partial charge in [-0.2, -0.15) is 0 Å². The van der Waals surface area contributed by atoms with Gasteiger partial charge >= 0.3 is 0 Å². The van der Waals surface area contributed by atoms with Crippen LogP contribution in [0.5, 0.6) is 0 Å². The molecule has 0 aromatic carbocycles. The summed E-state index contributed by atoms with van der Waals surface area (Å²) in [6.45, 7) is 4.89. The van der Waals surface area contributed by atoms with Crippen molar-refractivity contribution in [2.75, 3.05) is 19.6 Å². The van der Waals surface area contributed by atoms with Gasteiger partial charge in [0.2, 0.25) is 0 Å². The molecule has 0 radical (unpaired) electrons. The van der Waals surface area contributed by atoms with Crippen LogP contribution in [0.4, 0.5) is 0 Å². The fraction of sp³-hybridized carbons (Fsp3) is 0.692. The van der Waals surface area contributed by atoms with Crippen molar-refractivity contribution in [3.05, 3.63) is 16.1 Å². The maximum atomic E-state index is 6.05. The Balaban J connectivity index is 0.00000180. The number of rotatable bonds is 3. The fourth-order valence-corrected chi connectivity index (χ4v) is 2.85. The van der Waals surface area contributed by atoms with Crippen LogP contribution < -0.4 is 5.73 Å². The summed E-state index contributed by atoms with van der Waals surface area (Å²) in [5, 5.41) is 3.22. The topological polar surface area (TPSA) is 54.5 Å². The third kappa shape index (κ3) is 5.64. The molecule has 0 atom stereocenters. The van der Waals surface area contributed by atoms with Gasteiger partial charge < -0.3 is 10.6 Å². The molecule has 0 aliphatic carbocycles. The Bertz CT molecular complexity index is 397. The van der Waals surface area contributed by atoms with Crippen LogP contribution in [-0.4, -0.2) is 35.5 Å². The standard InChI is InChI=1S/C13H22N4S.HI/c1-11-16-12(10-18-11)6-7-15-13(14)17-8-4-2-3-5-9-17;/h10H,2-9H2,1H3,(H2,14,15);1H. The normalized spacial score (nSPS) is 16.9. The van der Waals surface area contributed by atoms with Crippen molar-refractivity contribution in [1.29, 1.82) is 0 Å². The van der Waals surface area contributed by atoms with Crippen molar-refractivity contribution in [3.63, 3.8) is 0 Å². The number of aliphatic imine (C=N–C) groups is 1. The Morgan fingerprint density at radius 1 is 1.37 bits per heavy atom. The maximum absolute atomic E-state index is 6.05. The third-order valence-electron chi connectivity index (χ3n) is 3.24. The van der Waals surface area contributed by atoms with Crippen LogP contribution in [0.3, 0.4) is 0 Å². The van der Waals surface area contributed by atoms with Gasteiger partial charge in [0.05, 0.1) is 10.7 Å². The number of hydrogen-bond acceptors (Lipinski definition) is 3. The van der Waals surface area contributed by atoms with E-state index in [1.165, 1.54) is 25.7 Å². The van der Waals surface area contributed by atoms with Gasteiger partial charge in [0.25, 0.3) is 0 Å². The lowest BCUT2D eigenvalue weighted by Crippen LogP contribution is -2.38. The Morgan fingerprint density at radius 3 is 2.63 bits per heavy atom. The van der Waals surface area contributed by atoms with Crippen molar-refractivity contribution < 1.29 is 0 Å². The van der Waals surface area contributed by atoms with Gasteiger partial charge in [-0.05, 0) is 19.8 Å². The summed E-state index contributed by atoms with van der Waals surface area (Å²) >= 11 is 1.69. The highest BCUT2D eigenvalue weighted by molar-refractivity contribution is 14.0. The third-order valence-corrected chi connectivity index (χ3v) is 4.06. The predicted octanol–water partition coefficient (Wildman–Crippen LogP) is 2.80. The van der Waals surface area contributed by atoms with Crippen LogP contribution in [0.15, 0.2) is 10.4 Å². The molecule has 2 rings (SSSR count). The number of aromatic nitrogens is 1. The van der Waals surface area contributed by atoms with E-state index in [0.717, 1.165) is 36.8 Å². The lowest BCUT2D eigenvalue weighted by molar-refractivity contribution is 0.428. The Hall–Kier alpha value is -0.370. The Kier molecular flexibility index (Phi) is 7.67. The summed E-state index contributed by atoms with van der Waals surface area (Å²) in [6, 6.07) is 0. The Labute approximate surface area is 136 Å². The first kappa shape index (κ1) is 16.7. The first-order valence-electron chi connectivity index (χ1n) is 6.71. The molecule has 2 N–H and O–H groups in total. The van der Waals surface area contributed by atoms with Crippen molar-refractivity contribution in [3.8, 4) is 0 Å². The van der Waals surface area contributed by atoms with Crippen LogP contribution >= 0.6 is 35.3 Å². The first-order chi connectivity index (χ1) is 8.75. The monoisotopic (exact) mass is 394 g/mol. The number of guanidine groups is 1. The largest absolute Gasteiger partial charge is 0.370 e. The number of halogens is 1. The summed E-state index contributed by atoms with van der Waals surface area (Å²) in [5.74, 6) is 0.712. The lowest BCUT2D eigenvalue weighted by Gasteiger charge is -2.20. The average Bonchev–Trinajstić information content (AvgIpc) is 2.63. The highest BCUT2D eigenvalue weighted by Crippen LogP contribution is 2.10. The van der Waals surface area contributed by atoms with Crippen LogP contribution in [0.2, 0.25) is 0 Å². The molecular weight excluding hydrogens is 371 g/mol. The predicted molar refractivity (Wildman–Crippen MR) is 92.5 cm³/mol. The van der Waals surface area contributed by atoms with Gasteiger partial charge in [0, 0.05) is 31.4 Å². The van der Waals surface area contributed by atoms with Gasteiger partial charge in [-0.25, -0.2) is 4.98 Å². The Morgan fingerprint density at radius 2 is 2.05 bits per heavy atom. The minimum absolute atomic E-state index is 0. The van der Waals surface area contributed by atoms with E-state index < -0.39 is 0 Å². The smallest absolute Gasteiger partial charge is 0.191 e. The molecule has 1 fully saturated rings. The highest BCUT2D eigenvalue weighted by atomic mass is 127. The molecular formula is C13H23IN4S. The van der Waals surface area contributed by atoms with Crippen molar-refractivity contribution in [1.82, 2.24) is 9.88 Å².